The number of carbonyl (C=O) groups excluding carboxylic acids is 1. The molecule has 0 aliphatic rings. The Morgan fingerprint density at radius 1 is 1.09 bits per heavy atom. The zero-order valence-corrected chi connectivity index (χ0v) is 20.3. The topological polar surface area (TPSA) is 57.7 Å². The standard InChI is InChI=1S/C26H30FNO4S/c1-5-30-24(26(29)31-6-2)14-18-7-12-23(22(27)13-18)32-15-21-16-33-25(28-21)20-10-8-19(9-11-20)17(3)4/h7-13,16-17,24H,5-6,14-15H2,1-4H3. The maximum atomic E-state index is 14.6. The van der Waals surface area contributed by atoms with E-state index < -0.39 is 17.9 Å². The summed E-state index contributed by atoms with van der Waals surface area (Å²) in [6.45, 7) is 8.67. The van der Waals surface area contributed by atoms with E-state index in [2.05, 4.69) is 43.1 Å². The summed E-state index contributed by atoms with van der Waals surface area (Å²) in [5.41, 5.74) is 3.71. The number of rotatable bonds is 11. The summed E-state index contributed by atoms with van der Waals surface area (Å²) in [5, 5.41) is 2.82. The van der Waals surface area contributed by atoms with Crippen LogP contribution in [-0.2, 0) is 27.3 Å². The van der Waals surface area contributed by atoms with Crippen LogP contribution in [0.4, 0.5) is 4.39 Å². The molecule has 0 fully saturated rings. The van der Waals surface area contributed by atoms with Crippen molar-refractivity contribution in [2.45, 2.75) is 52.7 Å². The van der Waals surface area contributed by atoms with Crippen LogP contribution in [0.25, 0.3) is 10.6 Å². The van der Waals surface area contributed by atoms with Crippen LogP contribution in [-0.4, -0.2) is 30.3 Å². The Hall–Kier alpha value is -2.77. The van der Waals surface area contributed by atoms with Crippen molar-refractivity contribution < 1.29 is 23.4 Å². The highest BCUT2D eigenvalue weighted by atomic mass is 32.1. The molecular weight excluding hydrogens is 441 g/mol. The zero-order valence-electron chi connectivity index (χ0n) is 19.5. The second kappa shape index (κ2) is 11.9. The lowest BCUT2D eigenvalue weighted by Crippen LogP contribution is -2.29. The van der Waals surface area contributed by atoms with Gasteiger partial charge in [-0.25, -0.2) is 14.2 Å². The Balaban J connectivity index is 1.61. The summed E-state index contributed by atoms with van der Waals surface area (Å²) in [5.74, 6) is -0.320. The highest BCUT2D eigenvalue weighted by Crippen LogP contribution is 2.27. The molecule has 33 heavy (non-hydrogen) atoms. The zero-order chi connectivity index (χ0) is 23.8. The minimum absolute atomic E-state index is 0.138. The van der Waals surface area contributed by atoms with Gasteiger partial charge in [0.15, 0.2) is 17.7 Å². The summed E-state index contributed by atoms with van der Waals surface area (Å²) in [6, 6.07) is 13.0. The lowest BCUT2D eigenvalue weighted by atomic mass is 10.0. The van der Waals surface area contributed by atoms with Gasteiger partial charge in [-0.05, 0) is 43.0 Å². The number of ether oxygens (including phenoxy) is 3. The Labute approximate surface area is 198 Å². The largest absolute Gasteiger partial charge is 0.484 e. The van der Waals surface area contributed by atoms with E-state index in [1.165, 1.54) is 23.0 Å². The van der Waals surface area contributed by atoms with Gasteiger partial charge in [-0.1, -0.05) is 44.2 Å². The van der Waals surface area contributed by atoms with Gasteiger partial charge in [0.2, 0.25) is 0 Å². The molecule has 2 aromatic carbocycles. The molecule has 5 nitrogen and oxygen atoms in total. The number of aromatic nitrogens is 1. The summed E-state index contributed by atoms with van der Waals surface area (Å²) < 4.78 is 30.8. The molecule has 0 saturated heterocycles. The summed E-state index contributed by atoms with van der Waals surface area (Å²) >= 11 is 1.53. The molecule has 1 atom stereocenters. The molecule has 0 amide bonds. The lowest BCUT2D eigenvalue weighted by molar-refractivity contribution is -0.156. The first-order chi connectivity index (χ1) is 15.9. The smallest absolute Gasteiger partial charge is 0.335 e. The van der Waals surface area contributed by atoms with Crippen molar-refractivity contribution >= 4 is 17.3 Å². The van der Waals surface area contributed by atoms with Gasteiger partial charge < -0.3 is 14.2 Å². The Kier molecular flexibility index (Phi) is 8.97. The number of thiazole rings is 1. The second-order valence-corrected chi connectivity index (χ2v) is 8.73. The maximum absolute atomic E-state index is 14.6. The van der Waals surface area contributed by atoms with Crippen LogP contribution < -0.4 is 4.74 Å². The van der Waals surface area contributed by atoms with Gasteiger partial charge in [0.1, 0.15) is 11.6 Å². The summed E-state index contributed by atoms with van der Waals surface area (Å²) in [7, 11) is 0. The molecule has 1 heterocycles. The fourth-order valence-corrected chi connectivity index (χ4v) is 4.13. The predicted molar refractivity (Wildman–Crippen MR) is 128 cm³/mol. The molecule has 176 valence electrons. The fourth-order valence-electron chi connectivity index (χ4n) is 3.32. The molecule has 0 aliphatic carbocycles. The number of carbonyl (C=O) groups is 1. The minimum atomic E-state index is -0.760. The third-order valence-corrected chi connectivity index (χ3v) is 6.03. The Morgan fingerprint density at radius 3 is 2.48 bits per heavy atom. The number of esters is 1. The number of hydrogen-bond acceptors (Lipinski definition) is 6. The molecule has 0 radical (unpaired) electrons. The van der Waals surface area contributed by atoms with Crippen molar-refractivity contribution in [3.63, 3.8) is 0 Å². The molecule has 7 heteroatoms. The summed E-state index contributed by atoms with van der Waals surface area (Å²) in [6.07, 6.45) is -0.529. The predicted octanol–water partition coefficient (Wildman–Crippen LogP) is 6.16. The van der Waals surface area contributed by atoms with Crippen molar-refractivity contribution in [2.24, 2.45) is 0 Å². The number of halogens is 1. The van der Waals surface area contributed by atoms with E-state index in [-0.39, 0.29) is 25.4 Å². The summed E-state index contributed by atoms with van der Waals surface area (Å²) in [4.78, 5) is 16.6. The molecule has 1 aromatic heterocycles. The minimum Gasteiger partial charge on any atom is -0.484 e. The Bertz CT molecular complexity index is 1050. The monoisotopic (exact) mass is 471 g/mol. The molecule has 0 aliphatic heterocycles. The van der Waals surface area contributed by atoms with Crippen LogP contribution in [0, 0.1) is 5.82 Å². The molecule has 0 spiro atoms. The normalized spacial score (nSPS) is 12.1. The Morgan fingerprint density at radius 2 is 1.85 bits per heavy atom. The van der Waals surface area contributed by atoms with E-state index in [1.807, 2.05) is 5.38 Å². The quantitative estimate of drug-likeness (QED) is 0.313. The molecule has 1 unspecified atom stereocenters. The van der Waals surface area contributed by atoms with Gasteiger partial charge in [-0.2, -0.15) is 0 Å². The molecule has 3 aromatic rings. The highest BCUT2D eigenvalue weighted by Gasteiger charge is 2.21. The van der Waals surface area contributed by atoms with Crippen molar-refractivity contribution in [2.75, 3.05) is 13.2 Å². The van der Waals surface area contributed by atoms with Crippen molar-refractivity contribution in [1.29, 1.82) is 0 Å². The fraction of sp³-hybridized carbons (Fsp3) is 0.385. The van der Waals surface area contributed by atoms with Crippen molar-refractivity contribution in [1.82, 2.24) is 4.98 Å². The molecular formula is C26H30FNO4S. The molecule has 0 saturated carbocycles. The van der Waals surface area contributed by atoms with Crippen molar-refractivity contribution in [3.8, 4) is 16.3 Å². The molecule has 3 rings (SSSR count). The average molecular weight is 472 g/mol. The van der Waals surface area contributed by atoms with Gasteiger partial charge in [-0.3, -0.25) is 0 Å². The van der Waals surface area contributed by atoms with E-state index in [0.717, 1.165) is 16.3 Å². The van der Waals surface area contributed by atoms with Gasteiger partial charge in [0.25, 0.3) is 0 Å². The van der Waals surface area contributed by atoms with Crippen LogP contribution in [0.15, 0.2) is 47.8 Å². The van der Waals surface area contributed by atoms with Gasteiger partial charge in [0.05, 0.1) is 12.3 Å². The third kappa shape index (κ3) is 6.85. The number of hydrogen-bond donors (Lipinski definition) is 0. The van der Waals surface area contributed by atoms with E-state index in [1.54, 1.807) is 26.0 Å². The molecule has 0 bridgehead atoms. The van der Waals surface area contributed by atoms with Crippen LogP contribution in [0.1, 0.15) is 50.4 Å². The first-order valence-electron chi connectivity index (χ1n) is 11.1. The lowest BCUT2D eigenvalue weighted by Gasteiger charge is -2.16. The van der Waals surface area contributed by atoms with E-state index in [9.17, 15) is 9.18 Å². The van der Waals surface area contributed by atoms with Crippen LogP contribution in [0.2, 0.25) is 0 Å². The van der Waals surface area contributed by atoms with Crippen molar-refractivity contribution in [3.05, 3.63) is 70.5 Å². The number of benzene rings is 2. The van der Waals surface area contributed by atoms with Gasteiger partial charge in [-0.15, -0.1) is 11.3 Å². The highest BCUT2D eigenvalue weighted by molar-refractivity contribution is 7.13. The SMILES string of the molecule is CCOC(=O)C(Cc1ccc(OCc2csc(-c3ccc(C(C)C)cc3)n2)c(F)c1)OCC. The number of nitrogens with zero attached hydrogens (tertiary/aromatic N) is 1. The third-order valence-electron chi connectivity index (χ3n) is 5.09. The van der Waals surface area contributed by atoms with Crippen LogP contribution >= 0.6 is 11.3 Å². The van der Waals surface area contributed by atoms with Gasteiger partial charge >= 0.3 is 5.97 Å². The van der Waals surface area contributed by atoms with E-state index in [4.69, 9.17) is 14.2 Å². The van der Waals surface area contributed by atoms with E-state index >= 15 is 0 Å². The van der Waals surface area contributed by atoms with Crippen LogP contribution in [0.5, 0.6) is 5.75 Å². The second-order valence-electron chi connectivity index (χ2n) is 7.87. The average Bonchev–Trinajstić information content (AvgIpc) is 3.27. The van der Waals surface area contributed by atoms with E-state index in [0.29, 0.717) is 18.1 Å². The maximum Gasteiger partial charge on any atom is 0.335 e. The molecule has 0 N–H and O–H groups in total. The first-order valence-corrected chi connectivity index (χ1v) is 12.0. The van der Waals surface area contributed by atoms with Gasteiger partial charge in [0, 0.05) is 24.0 Å². The van der Waals surface area contributed by atoms with Crippen LogP contribution in [0.3, 0.4) is 0 Å². The first kappa shape index (κ1) is 24.9.